The number of methoxy groups -OCH3 is 1. The normalized spacial score (nSPS) is 22.4. The van der Waals surface area contributed by atoms with Crippen LogP contribution in [-0.4, -0.2) is 50.1 Å². The third-order valence-electron chi connectivity index (χ3n) is 5.77. The largest absolute Gasteiger partial charge is 0.497 e. The highest BCUT2D eigenvalue weighted by atomic mass is 16.5. The number of carbonyl (C=O) groups excluding carboxylic acids is 1. The van der Waals surface area contributed by atoms with Crippen LogP contribution >= 0.6 is 0 Å². The van der Waals surface area contributed by atoms with Gasteiger partial charge in [-0.05, 0) is 42.7 Å². The number of nitrogens with one attached hydrogen (secondary N) is 2. The van der Waals surface area contributed by atoms with Crippen molar-refractivity contribution < 1.29 is 9.53 Å². The van der Waals surface area contributed by atoms with Crippen molar-refractivity contribution in [3.63, 3.8) is 0 Å². The minimum atomic E-state index is -0.183. The van der Waals surface area contributed by atoms with E-state index < -0.39 is 0 Å². The maximum atomic E-state index is 13.0. The molecule has 2 aliphatic heterocycles. The van der Waals surface area contributed by atoms with Crippen LogP contribution in [0.2, 0.25) is 0 Å². The Bertz CT molecular complexity index is 816. The molecule has 2 fully saturated rings. The molecule has 0 aliphatic carbocycles. The van der Waals surface area contributed by atoms with E-state index in [-0.39, 0.29) is 18.0 Å². The highest BCUT2D eigenvalue weighted by Crippen LogP contribution is 2.26. The Morgan fingerprint density at radius 1 is 1.00 bits per heavy atom. The van der Waals surface area contributed by atoms with Crippen LogP contribution in [0.25, 0.3) is 0 Å². The van der Waals surface area contributed by atoms with Gasteiger partial charge in [-0.2, -0.15) is 0 Å². The summed E-state index contributed by atoms with van der Waals surface area (Å²) >= 11 is 0. The number of amides is 1. The van der Waals surface area contributed by atoms with Gasteiger partial charge < -0.3 is 14.5 Å². The van der Waals surface area contributed by atoms with E-state index in [1.165, 1.54) is 11.3 Å². The fourth-order valence-electron chi connectivity index (χ4n) is 4.08. The lowest BCUT2D eigenvalue weighted by molar-refractivity contribution is -0.133. The first-order valence-corrected chi connectivity index (χ1v) is 9.90. The lowest BCUT2D eigenvalue weighted by Crippen LogP contribution is -2.53. The van der Waals surface area contributed by atoms with E-state index in [0.29, 0.717) is 0 Å². The lowest BCUT2D eigenvalue weighted by atomic mass is 10.0. The molecule has 4 rings (SSSR count). The second-order valence-electron chi connectivity index (χ2n) is 7.50. The summed E-state index contributed by atoms with van der Waals surface area (Å²) in [7, 11) is 1.66. The van der Waals surface area contributed by atoms with Crippen LogP contribution in [-0.2, 0) is 4.79 Å². The van der Waals surface area contributed by atoms with Gasteiger partial charge in [0.05, 0.1) is 7.11 Å². The molecule has 6 heteroatoms. The van der Waals surface area contributed by atoms with Gasteiger partial charge in [-0.25, -0.2) is 10.9 Å². The van der Waals surface area contributed by atoms with Crippen molar-refractivity contribution >= 4 is 11.6 Å². The summed E-state index contributed by atoms with van der Waals surface area (Å²) in [6, 6.07) is 16.4. The minimum absolute atomic E-state index is 0.133. The number of anilines is 1. The zero-order valence-corrected chi connectivity index (χ0v) is 16.5. The summed E-state index contributed by atoms with van der Waals surface area (Å²) in [4.78, 5) is 17.3. The summed E-state index contributed by atoms with van der Waals surface area (Å²) < 4.78 is 5.22. The molecule has 2 N–H and O–H groups in total. The number of ether oxygens (including phenoxy) is 1. The van der Waals surface area contributed by atoms with Crippen molar-refractivity contribution in [1.82, 2.24) is 15.8 Å². The number of aryl methyl sites for hydroxylation is 1. The maximum Gasteiger partial charge on any atom is 0.241 e. The molecular weight excluding hydrogens is 352 g/mol. The third kappa shape index (κ3) is 3.84. The first-order chi connectivity index (χ1) is 13.7. The van der Waals surface area contributed by atoms with Gasteiger partial charge in [0.25, 0.3) is 0 Å². The fraction of sp³-hybridized carbons (Fsp3) is 0.409. The molecule has 2 atom stereocenters. The molecule has 2 aromatic carbocycles. The van der Waals surface area contributed by atoms with Gasteiger partial charge in [0.2, 0.25) is 5.91 Å². The number of hydrogen-bond donors (Lipinski definition) is 2. The van der Waals surface area contributed by atoms with Crippen LogP contribution in [0.4, 0.5) is 5.69 Å². The molecule has 2 saturated heterocycles. The average Bonchev–Trinajstić information content (AvgIpc) is 3.24. The van der Waals surface area contributed by atoms with E-state index in [2.05, 4.69) is 46.9 Å². The van der Waals surface area contributed by atoms with Crippen molar-refractivity contribution in [2.24, 2.45) is 0 Å². The number of rotatable bonds is 4. The number of carbonyl (C=O) groups is 1. The molecule has 0 spiro atoms. The van der Waals surface area contributed by atoms with Gasteiger partial charge in [-0.1, -0.05) is 30.3 Å². The van der Waals surface area contributed by atoms with E-state index in [0.717, 1.165) is 43.9 Å². The van der Waals surface area contributed by atoms with Crippen LogP contribution in [0.1, 0.15) is 23.6 Å². The Kier molecular flexibility index (Phi) is 5.50. The Morgan fingerprint density at radius 3 is 2.39 bits per heavy atom. The van der Waals surface area contributed by atoms with E-state index in [4.69, 9.17) is 4.74 Å². The third-order valence-corrected chi connectivity index (χ3v) is 5.77. The molecule has 0 aromatic heterocycles. The van der Waals surface area contributed by atoms with Crippen LogP contribution in [0.15, 0.2) is 48.5 Å². The molecule has 0 saturated carbocycles. The van der Waals surface area contributed by atoms with Gasteiger partial charge in [-0.3, -0.25) is 4.79 Å². The van der Waals surface area contributed by atoms with E-state index in [1.54, 1.807) is 7.11 Å². The maximum absolute atomic E-state index is 13.0. The lowest BCUT2D eigenvalue weighted by Gasteiger charge is -2.37. The average molecular weight is 380 g/mol. The molecule has 2 unspecified atom stereocenters. The molecule has 0 bridgehead atoms. The van der Waals surface area contributed by atoms with E-state index >= 15 is 0 Å². The van der Waals surface area contributed by atoms with Gasteiger partial charge >= 0.3 is 0 Å². The van der Waals surface area contributed by atoms with Crippen molar-refractivity contribution in [1.29, 1.82) is 0 Å². The zero-order valence-electron chi connectivity index (χ0n) is 16.5. The van der Waals surface area contributed by atoms with E-state index in [9.17, 15) is 4.79 Å². The number of hydrogen-bond acceptors (Lipinski definition) is 5. The van der Waals surface area contributed by atoms with Gasteiger partial charge in [0.1, 0.15) is 11.8 Å². The molecule has 1 amide bonds. The second kappa shape index (κ2) is 8.20. The Balaban J connectivity index is 1.32. The Morgan fingerprint density at radius 2 is 1.71 bits per heavy atom. The zero-order chi connectivity index (χ0) is 19.5. The molecular formula is C22H28N4O2. The Hall–Kier alpha value is -2.57. The highest BCUT2D eigenvalue weighted by molar-refractivity contribution is 5.82. The molecule has 148 valence electrons. The molecule has 2 aliphatic rings. The highest BCUT2D eigenvalue weighted by Gasteiger charge is 2.34. The molecule has 2 aromatic rings. The smallest absolute Gasteiger partial charge is 0.241 e. The number of hydrazine groups is 1. The quantitative estimate of drug-likeness (QED) is 0.852. The predicted molar refractivity (Wildman–Crippen MR) is 110 cm³/mol. The van der Waals surface area contributed by atoms with Crippen LogP contribution in [0.5, 0.6) is 5.75 Å². The van der Waals surface area contributed by atoms with Crippen LogP contribution < -0.4 is 20.5 Å². The number of benzene rings is 2. The standard InChI is InChI=1S/C22H28N4O2/c1-16-5-3-4-6-21(16)25-11-13-26(14-12-25)22(27)20-15-19(23-24-20)17-7-9-18(28-2)10-8-17/h3-10,19-20,23-24H,11-15H2,1-2H3. The Labute approximate surface area is 166 Å². The van der Waals surface area contributed by atoms with Crippen molar-refractivity contribution in [3.05, 3.63) is 59.7 Å². The van der Waals surface area contributed by atoms with Gasteiger partial charge in [0, 0.05) is 37.9 Å². The molecule has 2 heterocycles. The minimum Gasteiger partial charge on any atom is -0.497 e. The number of nitrogens with zero attached hydrogens (tertiary/aromatic N) is 2. The SMILES string of the molecule is COc1ccc(C2CC(C(=O)N3CCN(c4ccccc4C)CC3)NN2)cc1. The van der Waals surface area contributed by atoms with Crippen LogP contribution in [0, 0.1) is 6.92 Å². The monoisotopic (exact) mass is 380 g/mol. The van der Waals surface area contributed by atoms with Crippen molar-refractivity contribution in [2.75, 3.05) is 38.2 Å². The number of para-hydroxylation sites is 1. The van der Waals surface area contributed by atoms with Crippen LogP contribution in [0.3, 0.4) is 0 Å². The van der Waals surface area contributed by atoms with Crippen molar-refractivity contribution in [2.45, 2.75) is 25.4 Å². The molecule has 0 radical (unpaired) electrons. The van der Waals surface area contributed by atoms with Crippen molar-refractivity contribution in [3.8, 4) is 5.75 Å². The second-order valence-corrected chi connectivity index (χ2v) is 7.50. The first kappa shape index (κ1) is 18.8. The summed E-state index contributed by atoms with van der Waals surface area (Å²) in [6.07, 6.45) is 0.753. The summed E-state index contributed by atoms with van der Waals surface area (Å²) in [6.45, 7) is 5.41. The number of piperazine rings is 1. The topological polar surface area (TPSA) is 56.8 Å². The van der Waals surface area contributed by atoms with Gasteiger partial charge in [-0.15, -0.1) is 0 Å². The summed E-state index contributed by atoms with van der Waals surface area (Å²) in [5.41, 5.74) is 10.2. The summed E-state index contributed by atoms with van der Waals surface area (Å²) in [5, 5.41) is 0. The van der Waals surface area contributed by atoms with E-state index in [1.807, 2.05) is 29.2 Å². The fourth-order valence-corrected chi connectivity index (χ4v) is 4.08. The predicted octanol–water partition coefficient (Wildman–Crippen LogP) is 2.26. The van der Waals surface area contributed by atoms with Gasteiger partial charge in [0.15, 0.2) is 0 Å². The summed E-state index contributed by atoms with van der Waals surface area (Å²) in [5.74, 6) is 1.03. The molecule has 6 nitrogen and oxygen atoms in total. The first-order valence-electron chi connectivity index (χ1n) is 9.90. The molecule has 28 heavy (non-hydrogen) atoms.